The maximum Gasteiger partial charge on any atom is 0.264 e. The van der Waals surface area contributed by atoms with Crippen molar-refractivity contribution >= 4 is 72.4 Å². The van der Waals surface area contributed by atoms with Gasteiger partial charge in [0.05, 0.1) is 24.9 Å². The Labute approximate surface area is 345 Å². The molecule has 0 radical (unpaired) electrons. The number of fused-ring (bicyclic) bond motifs is 1. The molecule has 4 heterocycles. The van der Waals surface area contributed by atoms with Crippen LogP contribution in [0, 0.1) is 11.3 Å². The van der Waals surface area contributed by atoms with Crippen LogP contribution in [-0.4, -0.2) is 90.3 Å². The molecule has 2 aliphatic rings. The van der Waals surface area contributed by atoms with Gasteiger partial charge in [-0.25, -0.2) is 18.4 Å². The van der Waals surface area contributed by atoms with Crippen molar-refractivity contribution in [1.29, 1.82) is 0 Å². The van der Waals surface area contributed by atoms with Crippen molar-refractivity contribution < 1.29 is 37.1 Å². The molecular formula is C39H48N8O8S3. The van der Waals surface area contributed by atoms with Gasteiger partial charge in [0.1, 0.15) is 45.1 Å². The summed E-state index contributed by atoms with van der Waals surface area (Å²) in [5.74, 6) is -1.94. The highest BCUT2D eigenvalue weighted by Crippen LogP contribution is 2.45. The van der Waals surface area contributed by atoms with Crippen LogP contribution in [0.4, 0.5) is 5.13 Å². The number of thiazole rings is 1. The number of hydrogen-bond acceptors (Lipinski definition) is 13. The van der Waals surface area contributed by atoms with Crippen LogP contribution < -0.4 is 35.7 Å². The summed E-state index contributed by atoms with van der Waals surface area (Å²) >= 11 is 2.45. The monoisotopic (exact) mass is 852 g/mol. The highest BCUT2D eigenvalue weighted by molar-refractivity contribution is 7.91. The van der Waals surface area contributed by atoms with Gasteiger partial charge in [-0.05, 0) is 49.3 Å². The predicted octanol–water partition coefficient (Wildman–Crippen LogP) is 4.22. The number of hydrazine groups is 1. The minimum absolute atomic E-state index is 0.0112. The molecule has 6 rings (SSSR count). The van der Waals surface area contributed by atoms with Crippen LogP contribution in [0.5, 0.6) is 11.5 Å². The zero-order chi connectivity index (χ0) is 42.2. The number of anilines is 1. The number of sulfonamides is 1. The lowest BCUT2D eigenvalue weighted by Crippen LogP contribution is -2.60. The van der Waals surface area contributed by atoms with Crippen molar-refractivity contribution in [3.05, 3.63) is 59.8 Å². The van der Waals surface area contributed by atoms with Crippen LogP contribution in [0.1, 0.15) is 54.4 Å². The average molecular weight is 853 g/mol. The molecule has 5 N–H and O–H groups in total. The van der Waals surface area contributed by atoms with Gasteiger partial charge in [-0.3, -0.25) is 30.0 Å². The van der Waals surface area contributed by atoms with E-state index in [-0.39, 0.29) is 29.6 Å². The van der Waals surface area contributed by atoms with E-state index < -0.39 is 68.7 Å². The lowest BCUT2D eigenvalue weighted by molar-refractivity contribution is -0.142. The van der Waals surface area contributed by atoms with Crippen LogP contribution in [-0.2, 0) is 29.2 Å². The smallest absolute Gasteiger partial charge is 0.264 e. The summed E-state index contributed by atoms with van der Waals surface area (Å²) in [7, 11) is -2.57. The topological polar surface area (TPSA) is 210 Å². The number of thiophene rings is 1. The Hall–Kier alpha value is -5.11. The Bertz CT molecular complexity index is 2330. The number of likely N-dealkylation sites (tertiary alicyclic amines) is 1. The Balaban J connectivity index is 1.37. The molecule has 16 nitrogen and oxygen atoms in total. The van der Waals surface area contributed by atoms with Crippen molar-refractivity contribution in [2.45, 2.75) is 88.4 Å². The molecule has 2 fully saturated rings. The summed E-state index contributed by atoms with van der Waals surface area (Å²) in [5, 5.41) is 11.0. The molecule has 0 spiro atoms. The number of pyridine rings is 1. The third kappa shape index (κ3) is 9.11. The number of amides is 4. The summed E-state index contributed by atoms with van der Waals surface area (Å²) in [6, 6.07) is 7.83. The van der Waals surface area contributed by atoms with E-state index in [9.17, 15) is 27.6 Å². The normalized spacial score (nSPS) is 21.0. The van der Waals surface area contributed by atoms with Gasteiger partial charge in [0.15, 0.2) is 5.13 Å². The van der Waals surface area contributed by atoms with E-state index >= 15 is 0 Å². The van der Waals surface area contributed by atoms with Crippen LogP contribution in [0.3, 0.4) is 0 Å². The molecule has 4 aromatic rings. The van der Waals surface area contributed by atoms with Gasteiger partial charge in [0, 0.05) is 48.2 Å². The van der Waals surface area contributed by atoms with Crippen molar-refractivity contribution in [2.24, 2.45) is 11.3 Å². The average Bonchev–Trinajstić information content (AvgIpc) is 3.63. The summed E-state index contributed by atoms with van der Waals surface area (Å²) in [4.78, 5) is 65.1. The van der Waals surface area contributed by atoms with E-state index in [1.54, 1.807) is 57.5 Å². The number of rotatable bonds is 14. The number of carbonyl (C=O) groups excluding carboxylic acids is 4. The van der Waals surface area contributed by atoms with Crippen LogP contribution in [0.15, 0.2) is 64.0 Å². The van der Waals surface area contributed by atoms with Crippen molar-refractivity contribution in [1.82, 2.24) is 35.8 Å². The molecule has 1 aromatic carbocycles. The van der Waals surface area contributed by atoms with E-state index in [1.807, 2.05) is 25.3 Å². The minimum Gasteiger partial charge on any atom is -0.497 e. The molecule has 1 saturated heterocycles. The summed E-state index contributed by atoms with van der Waals surface area (Å²) in [6.45, 7) is 14.1. The maximum absolute atomic E-state index is 14.8. The molecule has 310 valence electrons. The van der Waals surface area contributed by atoms with E-state index in [1.165, 1.54) is 35.3 Å². The van der Waals surface area contributed by atoms with Crippen LogP contribution >= 0.6 is 22.7 Å². The fraction of sp³-hybridized carbons (Fsp3) is 0.436. The molecule has 19 heteroatoms. The van der Waals surface area contributed by atoms with E-state index in [4.69, 9.17) is 19.4 Å². The van der Waals surface area contributed by atoms with Gasteiger partial charge in [0.25, 0.3) is 15.9 Å². The second kappa shape index (κ2) is 16.6. The quantitative estimate of drug-likeness (QED) is 0.0896. The molecule has 3 aromatic heterocycles. The van der Waals surface area contributed by atoms with E-state index in [2.05, 4.69) is 32.8 Å². The highest BCUT2D eigenvalue weighted by Gasteiger charge is 2.61. The van der Waals surface area contributed by atoms with Gasteiger partial charge < -0.3 is 25.0 Å². The lowest BCUT2D eigenvalue weighted by Gasteiger charge is -2.35. The molecule has 0 unspecified atom stereocenters. The Kier molecular flexibility index (Phi) is 12.2. The fourth-order valence-electron chi connectivity index (χ4n) is 6.78. The third-order valence-corrected chi connectivity index (χ3v) is 13.4. The first-order valence-corrected chi connectivity index (χ1v) is 21.8. The minimum atomic E-state index is -4.13. The zero-order valence-corrected chi connectivity index (χ0v) is 35.7. The van der Waals surface area contributed by atoms with E-state index in [0.29, 0.717) is 33.8 Å². The molecule has 5 atom stereocenters. The first kappa shape index (κ1) is 42.5. The Morgan fingerprint density at radius 2 is 1.83 bits per heavy atom. The largest absolute Gasteiger partial charge is 0.497 e. The van der Waals surface area contributed by atoms with Gasteiger partial charge in [0.2, 0.25) is 17.7 Å². The Morgan fingerprint density at radius 1 is 1.07 bits per heavy atom. The molecule has 4 amide bonds. The molecular weight excluding hydrogens is 805 g/mol. The predicted molar refractivity (Wildman–Crippen MR) is 222 cm³/mol. The molecule has 58 heavy (non-hydrogen) atoms. The van der Waals surface area contributed by atoms with Gasteiger partial charge >= 0.3 is 0 Å². The number of nitrogens with zero attached hydrogens (tertiary/aromatic N) is 3. The molecule has 1 aliphatic heterocycles. The molecule has 1 saturated carbocycles. The number of aromatic nitrogens is 2. The molecule has 1 aliphatic carbocycles. The zero-order valence-electron chi connectivity index (χ0n) is 33.2. The SMILES string of the molecule is C=C[C@@H]1C[C@@]1(NC(=O)[C@@H]1C[C@@H](Oc2cc(-c3csc(NC(C)C)n3)nc3cc(OC)ccc23)CN1C(=O)[C@@H](NS(=O)(=O)c1cccs1)C(C)(C)C)C(=O)NNC(C)=O. The third-order valence-electron chi connectivity index (χ3n) is 9.85. The van der Waals surface area contributed by atoms with Crippen molar-refractivity contribution in [3.8, 4) is 22.9 Å². The second-order valence-electron chi connectivity index (χ2n) is 15.7. The van der Waals surface area contributed by atoms with Crippen LogP contribution in [0.25, 0.3) is 22.3 Å². The standard InChI is InChI=1S/C39H48N8O8S3/c1-9-23-18-39(23,36(51)45-44-22(4)48)43-34(49)30-16-25(19-47(30)35(50)33(38(5,6)7)46-58(52,53)32-11-10-14-56-32)55-31-17-28(29-20-57-37(42-29)40-21(2)3)41-27-15-24(54-8)12-13-26(27)31/h9-15,17,20-21,23,25,30,33,46H,1,16,18-19H2,2-8H3,(H,40,42)(H,43,49)(H,44,48)(H,45,51)/t23-,25-,30+,33-,39+/m1/s1. The molecule has 0 bridgehead atoms. The Morgan fingerprint density at radius 3 is 2.45 bits per heavy atom. The lowest BCUT2D eigenvalue weighted by atomic mass is 9.86. The number of carbonyl (C=O) groups is 4. The number of methoxy groups -OCH3 is 1. The van der Waals surface area contributed by atoms with Crippen molar-refractivity contribution in [3.63, 3.8) is 0 Å². The van der Waals surface area contributed by atoms with E-state index in [0.717, 1.165) is 16.5 Å². The van der Waals surface area contributed by atoms with Gasteiger partial charge in [-0.1, -0.05) is 32.9 Å². The summed E-state index contributed by atoms with van der Waals surface area (Å²) < 4.78 is 41.9. The van der Waals surface area contributed by atoms with Gasteiger partial charge in [-0.15, -0.1) is 29.3 Å². The summed E-state index contributed by atoms with van der Waals surface area (Å²) in [5.41, 5.74) is 3.91. The second-order valence-corrected chi connectivity index (χ2v) is 19.4. The first-order valence-electron chi connectivity index (χ1n) is 18.6. The van der Waals surface area contributed by atoms with Crippen molar-refractivity contribution in [2.75, 3.05) is 19.0 Å². The van der Waals surface area contributed by atoms with Gasteiger partial charge in [-0.2, -0.15) is 4.72 Å². The first-order chi connectivity index (χ1) is 27.3. The summed E-state index contributed by atoms with van der Waals surface area (Å²) in [6.07, 6.45) is 0.960. The number of ether oxygens (including phenoxy) is 2. The number of nitrogens with one attached hydrogen (secondary N) is 5. The maximum atomic E-state index is 14.8. The number of hydrogen-bond donors (Lipinski definition) is 5. The number of benzene rings is 1. The highest BCUT2D eigenvalue weighted by atomic mass is 32.2. The van der Waals surface area contributed by atoms with Crippen LogP contribution in [0.2, 0.25) is 0 Å². The fourth-order valence-corrected chi connectivity index (χ4v) is 10.0.